The maximum Gasteiger partial charge on any atom is 0.261 e. The van der Waals surface area contributed by atoms with E-state index in [0.29, 0.717) is 30.3 Å². The minimum atomic E-state index is -3.75. The van der Waals surface area contributed by atoms with Gasteiger partial charge < -0.3 is 4.90 Å². The van der Waals surface area contributed by atoms with Crippen molar-refractivity contribution in [3.05, 3.63) is 59.7 Å². The first-order chi connectivity index (χ1) is 12.4. The molecule has 26 heavy (non-hydrogen) atoms. The number of nitrogens with one attached hydrogen (secondary N) is 1. The molecule has 2 aromatic carbocycles. The Hall–Kier alpha value is -2.34. The maximum absolute atomic E-state index is 12.9. The second kappa shape index (κ2) is 7.50. The molecule has 1 amide bonds. The van der Waals surface area contributed by atoms with Crippen LogP contribution in [0.4, 0.5) is 5.69 Å². The van der Waals surface area contributed by atoms with Crippen LogP contribution in [0.25, 0.3) is 0 Å². The predicted octanol–water partition coefficient (Wildman–Crippen LogP) is 3.67. The fourth-order valence-corrected chi connectivity index (χ4v) is 4.14. The third kappa shape index (κ3) is 4.07. The summed E-state index contributed by atoms with van der Waals surface area (Å²) in [6.07, 6.45) is 1.95. The Kier molecular flexibility index (Phi) is 5.32. The van der Waals surface area contributed by atoms with Crippen molar-refractivity contribution >= 4 is 21.6 Å². The van der Waals surface area contributed by atoms with Gasteiger partial charge in [0.15, 0.2) is 0 Å². The highest BCUT2D eigenvalue weighted by molar-refractivity contribution is 7.92. The zero-order chi connectivity index (χ0) is 18.7. The van der Waals surface area contributed by atoms with Gasteiger partial charge in [0, 0.05) is 13.1 Å². The van der Waals surface area contributed by atoms with Crippen molar-refractivity contribution in [3.8, 4) is 0 Å². The number of amides is 1. The summed E-state index contributed by atoms with van der Waals surface area (Å²) >= 11 is 0. The Morgan fingerprint density at radius 2 is 1.65 bits per heavy atom. The van der Waals surface area contributed by atoms with Gasteiger partial charge in [-0.25, -0.2) is 8.42 Å². The Morgan fingerprint density at radius 1 is 1.04 bits per heavy atom. The molecule has 1 fully saturated rings. The molecule has 0 radical (unpaired) electrons. The van der Waals surface area contributed by atoms with E-state index in [4.69, 9.17) is 0 Å². The molecule has 1 N–H and O–H groups in total. The van der Waals surface area contributed by atoms with Gasteiger partial charge in [0.05, 0.1) is 16.1 Å². The molecule has 0 aliphatic carbocycles. The summed E-state index contributed by atoms with van der Waals surface area (Å²) in [6.45, 7) is 5.50. The molecular formula is C20H24N2O3S. The van der Waals surface area contributed by atoms with Crippen molar-refractivity contribution in [2.24, 2.45) is 5.92 Å². The number of hydrogen-bond acceptors (Lipinski definition) is 3. The third-order valence-corrected chi connectivity index (χ3v) is 6.19. The van der Waals surface area contributed by atoms with E-state index in [9.17, 15) is 13.2 Å². The molecule has 6 heteroatoms. The molecular weight excluding hydrogens is 348 g/mol. The van der Waals surface area contributed by atoms with Crippen molar-refractivity contribution in [2.75, 3.05) is 17.8 Å². The summed E-state index contributed by atoms with van der Waals surface area (Å²) in [5.41, 5.74) is 1.69. The highest BCUT2D eigenvalue weighted by Gasteiger charge is 2.24. The summed E-state index contributed by atoms with van der Waals surface area (Å²) in [5, 5.41) is 0. The number of carbonyl (C=O) groups excluding carboxylic acids is 1. The lowest BCUT2D eigenvalue weighted by molar-refractivity contribution is 0.0698. The van der Waals surface area contributed by atoms with Crippen LogP contribution in [0.1, 0.15) is 35.7 Å². The number of benzene rings is 2. The minimum absolute atomic E-state index is 0.126. The number of hydrogen-bond donors (Lipinski definition) is 1. The van der Waals surface area contributed by atoms with Crippen LogP contribution in [0.15, 0.2) is 53.4 Å². The SMILES string of the molecule is Cc1ccc(S(=O)(=O)Nc2ccccc2C(=O)N2CCC(C)CC2)cc1. The van der Waals surface area contributed by atoms with Crippen LogP contribution in [0.2, 0.25) is 0 Å². The zero-order valence-electron chi connectivity index (χ0n) is 15.1. The number of para-hydroxylation sites is 1. The Morgan fingerprint density at radius 3 is 2.31 bits per heavy atom. The van der Waals surface area contributed by atoms with E-state index in [1.54, 1.807) is 53.4 Å². The Balaban J connectivity index is 1.85. The van der Waals surface area contributed by atoms with Gasteiger partial charge in [-0.2, -0.15) is 0 Å². The number of rotatable bonds is 4. The van der Waals surface area contributed by atoms with E-state index in [-0.39, 0.29) is 10.8 Å². The van der Waals surface area contributed by atoms with Gasteiger partial charge in [-0.15, -0.1) is 0 Å². The van der Waals surface area contributed by atoms with Crippen molar-refractivity contribution in [1.29, 1.82) is 0 Å². The molecule has 1 aliphatic heterocycles. The Labute approximate surface area is 155 Å². The van der Waals surface area contributed by atoms with Crippen LogP contribution >= 0.6 is 0 Å². The first-order valence-corrected chi connectivity index (χ1v) is 10.3. The van der Waals surface area contributed by atoms with Gasteiger partial charge in [-0.1, -0.05) is 36.8 Å². The molecule has 5 nitrogen and oxygen atoms in total. The first kappa shape index (κ1) is 18.5. The van der Waals surface area contributed by atoms with Crippen molar-refractivity contribution in [1.82, 2.24) is 4.90 Å². The van der Waals surface area contributed by atoms with Gasteiger partial charge in [0.2, 0.25) is 0 Å². The number of aryl methyl sites for hydroxylation is 1. The molecule has 0 unspecified atom stereocenters. The molecule has 0 spiro atoms. The lowest BCUT2D eigenvalue weighted by Crippen LogP contribution is -2.38. The smallest absolute Gasteiger partial charge is 0.261 e. The standard InChI is InChI=1S/C20H24N2O3S/c1-15-7-9-17(10-8-15)26(24,25)21-19-6-4-3-5-18(19)20(23)22-13-11-16(2)12-14-22/h3-10,16,21H,11-14H2,1-2H3. The van der Waals surface area contributed by atoms with Gasteiger partial charge >= 0.3 is 0 Å². The van der Waals surface area contributed by atoms with Crippen molar-refractivity contribution in [2.45, 2.75) is 31.6 Å². The lowest BCUT2D eigenvalue weighted by Gasteiger charge is -2.30. The molecule has 2 aromatic rings. The summed E-state index contributed by atoms with van der Waals surface area (Å²) in [4.78, 5) is 14.9. The maximum atomic E-state index is 12.9. The van der Waals surface area contributed by atoms with Gasteiger partial charge in [-0.3, -0.25) is 9.52 Å². The summed E-state index contributed by atoms with van der Waals surface area (Å²) in [5.74, 6) is 0.494. The zero-order valence-corrected chi connectivity index (χ0v) is 15.9. The van der Waals surface area contributed by atoms with Crippen LogP contribution < -0.4 is 4.72 Å². The van der Waals surface area contributed by atoms with Crippen LogP contribution in [0.3, 0.4) is 0 Å². The summed E-state index contributed by atoms with van der Waals surface area (Å²) in [6, 6.07) is 13.4. The van der Waals surface area contributed by atoms with E-state index in [1.165, 1.54) is 0 Å². The molecule has 1 aliphatic rings. The van der Waals surface area contributed by atoms with E-state index in [2.05, 4.69) is 11.6 Å². The topological polar surface area (TPSA) is 66.5 Å². The van der Waals surface area contributed by atoms with Crippen LogP contribution in [-0.4, -0.2) is 32.3 Å². The molecule has 0 bridgehead atoms. The molecule has 0 atom stereocenters. The average molecular weight is 372 g/mol. The fourth-order valence-electron chi connectivity index (χ4n) is 3.06. The molecule has 1 heterocycles. The van der Waals surface area contributed by atoms with Crippen LogP contribution in [-0.2, 0) is 10.0 Å². The molecule has 3 rings (SSSR count). The number of anilines is 1. The lowest BCUT2D eigenvalue weighted by atomic mass is 9.98. The van der Waals surface area contributed by atoms with E-state index in [1.807, 2.05) is 6.92 Å². The van der Waals surface area contributed by atoms with Crippen LogP contribution in [0.5, 0.6) is 0 Å². The normalized spacial score (nSPS) is 15.7. The minimum Gasteiger partial charge on any atom is -0.339 e. The third-order valence-electron chi connectivity index (χ3n) is 4.80. The Bertz CT molecular complexity index is 884. The predicted molar refractivity (Wildman–Crippen MR) is 103 cm³/mol. The van der Waals surface area contributed by atoms with Crippen molar-refractivity contribution < 1.29 is 13.2 Å². The average Bonchev–Trinajstić information content (AvgIpc) is 2.62. The number of nitrogens with zero attached hydrogens (tertiary/aromatic N) is 1. The quantitative estimate of drug-likeness (QED) is 0.890. The van der Waals surface area contributed by atoms with E-state index < -0.39 is 10.0 Å². The second-order valence-corrected chi connectivity index (χ2v) is 8.62. The number of likely N-dealkylation sites (tertiary alicyclic amines) is 1. The van der Waals surface area contributed by atoms with E-state index in [0.717, 1.165) is 18.4 Å². The highest BCUT2D eigenvalue weighted by Crippen LogP contribution is 2.24. The fraction of sp³-hybridized carbons (Fsp3) is 0.350. The summed E-state index contributed by atoms with van der Waals surface area (Å²) in [7, 11) is -3.75. The number of sulfonamides is 1. The monoisotopic (exact) mass is 372 g/mol. The van der Waals surface area contributed by atoms with E-state index >= 15 is 0 Å². The largest absolute Gasteiger partial charge is 0.339 e. The first-order valence-electron chi connectivity index (χ1n) is 8.84. The number of piperidine rings is 1. The molecule has 138 valence electrons. The van der Waals surface area contributed by atoms with Gasteiger partial charge in [0.1, 0.15) is 0 Å². The second-order valence-electron chi connectivity index (χ2n) is 6.94. The molecule has 0 saturated carbocycles. The van der Waals surface area contributed by atoms with Gasteiger partial charge in [-0.05, 0) is 49.9 Å². The molecule has 0 aromatic heterocycles. The highest BCUT2D eigenvalue weighted by atomic mass is 32.2. The number of carbonyl (C=O) groups is 1. The summed E-state index contributed by atoms with van der Waals surface area (Å²) < 4.78 is 27.9. The van der Waals surface area contributed by atoms with Crippen LogP contribution in [0, 0.1) is 12.8 Å². The van der Waals surface area contributed by atoms with Crippen molar-refractivity contribution in [3.63, 3.8) is 0 Å². The van der Waals surface area contributed by atoms with Gasteiger partial charge in [0.25, 0.3) is 15.9 Å². The molecule has 1 saturated heterocycles.